The molecule has 0 N–H and O–H groups in total. The number of rotatable bonds is 0. The van der Waals surface area contributed by atoms with Gasteiger partial charge in [0.25, 0.3) is 0 Å². The molecule has 18 heavy (non-hydrogen) atoms. The van der Waals surface area contributed by atoms with Crippen molar-refractivity contribution >= 4 is 5.97 Å². The number of esters is 1. The Hall–Kier alpha value is -0.790. The Labute approximate surface area is 108 Å². The molecule has 96 valence electrons. The van der Waals surface area contributed by atoms with Crippen LogP contribution in [-0.2, 0) is 9.53 Å². The van der Waals surface area contributed by atoms with E-state index in [4.69, 9.17) is 4.74 Å². The van der Waals surface area contributed by atoms with Crippen LogP contribution in [0.15, 0.2) is 11.3 Å². The van der Waals surface area contributed by atoms with Crippen LogP contribution in [0.5, 0.6) is 0 Å². The largest absolute Gasteiger partial charge is 0.431 e. The first-order valence-electron chi connectivity index (χ1n) is 7.76. The van der Waals surface area contributed by atoms with Crippen LogP contribution in [-0.4, -0.2) is 5.97 Å². The molecule has 6 atom stereocenters. The number of allylic oxidation sites excluding steroid dienone is 2. The highest BCUT2D eigenvalue weighted by Gasteiger charge is 2.59. The van der Waals surface area contributed by atoms with Crippen molar-refractivity contribution in [1.29, 1.82) is 0 Å². The van der Waals surface area contributed by atoms with E-state index in [0.717, 1.165) is 17.8 Å². The fraction of sp³-hybridized carbons (Fsp3) is 0.812. The number of hydrogen-bond donors (Lipinski definition) is 0. The summed E-state index contributed by atoms with van der Waals surface area (Å²) in [7, 11) is 0. The smallest absolute Gasteiger partial charge is 0.315 e. The van der Waals surface area contributed by atoms with Gasteiger partial charge in [0.15, 0.2) is 0 Å². The van der Waals surface area contributed by atoms with E-state index in [1.165, 1.54) is 50.7 Å². The third kappa shape index (κ3) is 1.08. The van der Waals surface area contributed by atoms with E-state index in [0.29, 0.717) is 11.8 Å². The van der Waals surface area contributed by atoms with Crippen molar-refractivity contribution in [3.8, 4) is 0 Å². The monoisotopic (exact) mass is 244 g/mol. The molecule has 0 aromatic heterocycles. The molecule has 4 saturated carbocycles. The van der Waals surface area contributed by atoms with E-state index < -0.39 is 0 Å². The summed E-state index contributed by atoms with van der Waals surface area (Å²) in [6, 6.07) is 0. The summed E-state index contributed by atoms with van der Waals surface area (Å²) < 4.78 is 5.79. The lowest BCUT2D eigenvalue weighted by Gasteiger charge is -2.24. The molecule has 4 bridgehead atoms. The van der Waals surface area contributed by atoms with E-state index in [9.17, 15) is 4.79 Å². The van der Waals surface area contributed by atoms with Gasteiger partial charge in [-0.3, -0.25) is 4.79 Å². The Bertz CT molecular complexity index is 464. The lowest BCUT2D eigenvalue weighted by molar-refractivity contribution is -0.140. The number of ether oxygens (including phenoxy) is 1. The molecule has 4 aliphatic carbocycles. The van der Waals surface area contributed by atoms with E-state index in [2.05, 4.69) is 0 Å². The highest BCUT2D eigenvalue weighted by atomic mass is 16.5. The van der Waals surface area contributed by atoms with Crippen LogP contribution in [0.25, 0.3) is 0 Å². The van der Waals surface area contributed by atoms with Gasteiger partial charge in [-0.25, -0.2) is 0 Å². The first-order chi connectivity index (χ1) is 8.81. The molecule has 5 fully saturated rings. The molecule has 2 heteroatoms. The van der Waals surface area contributed by atoms with Crippen molar-refractivity contribution < 1.29 is 9.53 Å². The van der Waals surface area contributed by atoms with Crippen LogP contribution in [0, 0.1) is 35.5 Å². The fourth-order valence-corrected chi connectivity index (χ4v) is 5.89. The summed E-state index contributed by atoms with van der Waals surface area (Å²) in [4.78, 5) is 12.2. The maximum Gasteiger partial charge on any atom is 0.315 e. The van der Waals surface area contributed by atoms with E-state index >= 15 is 0 Å². The highest BCUT2D eigenvalue weighted by Crippen LogP contribution is 2.61. The molecule has 1 aliphatic heterocycles. The second-order valence-electron chi connectivity index (χ2n) is 7.28. The lowest BCUT2D eigenvalue weighted by atomic mass is 9.77. The molecule has 0 radical (unpaired) electrons. The number of hydrogen-bond acceptors (Lipinski definition) is 2. The molecule has 1 saturated heterocycles. The van der Waals surface area contributed by atoms with Gasteiger partial charge in [0.05, 0.1) is 5.92 Å². The third-order valence-corrected chi connectivity index (χ3v) is 6.56. The number of fused-ring (bicyclic) bond motifs is 7. The van der Waals surface area contributed by atoms with Gasteiger partial charge in [-0.05, 0) is 74.2 Å². The molecule has 0 spiro atoms. The minimum absolute atomic E-state index is 0.123. The van der Waals surface area contributed by atoms with Crippen molar-refractivity contribution in [1.82, 2.24) is 0 Å². The minimum Gasteiger partial charge on any atom is -0.431 e. The SMILES string of the molecule is O=C1O/C(=C2/C[C@@H]3CC[C@H]2C3)C2C1[C@@H]1CC[C@H]2C1. The van der Waals surface area contributed by atoms with Crippen LogP contribution in [0.4, 0.5) is 0 Å². The van der Waals surface area contributed by atoms with Crippen LogP contribution < -0.4 is 0 Å². The van der Waals surface area contributed by atoms with Gasteiger partial charge in [0.1, 0.15) is 5.76 Å². The second-order valence-corrected chi connectivity index (χ2v) is 7.28. The second kappa shape index (κ2) is 3.20. The molecule has 0 aromatic rings. The van der Waals surface area contributed by atoms with E-state index in [1.807, 2.05) is 0 Å². The lowest BCUT2D eigenvalue weighted by Crippen LogP contribution is -2.23. The standard InChI is InChI=1S/C16H20O2/c17-16-14-11-4-3-10(7-11)13(14)15(18-16)12-6-8-1-2-9(12)5-8/h8-11,13-14H,1-7H2/b15-12-/t8-,9+,10+,11-,13?,14?/m1/s1. The van der Waals surface area contributed by atoms with Gasteiger partial charge in [-0.2, -0.15) is 0 Å². The first-order valence-corrected chi connectivity index (χ1v) is 7.76. The topological polar surface area (TPSA) is 26.3 Å². The Morgan fingerprint density at radius 2 is 1.78 bits per heavy atom. The van der Waals surface area contributed by atoms with Gasteiger partial charge in [0.2, 0.25) is 0 Å². The summed E-state index contributed by atoms with van der Waals surface area (Å²) in [5.74, 6) is 5.18. The normalized spacial score (nSPS) is 56.3. The Balaban J connectivity index is 1.59. The summed E-state index contributed by atoms with van der Waals surface area (Å²) in [6.45, 7) is 0. The zero-order valence-electron chi connectivity index (χ0n) is 10.7. The Kier molecular flexibility index (Phi) is 1.79. The Morgan fingerprint density at radius 1 is 0.944 bits per heavy atom. The fourth-order valence-electron chi connectivity index (χ4n) is 5.89. The average molecular weight is 244 g/mol. The molecule has 0 aromatic carbocycles. The molecule has 5 rings (SSSR count). The average Bonchev–Trinajstić information content (AvgIpc) is 3.14. The highest BCUT2D eigenvalue weighted by molar-refractivity contribution is 5.79. The van der Waals surface area contributed by atoms with Crippen molar-refractivity contribution in [2.45, 2.75) is 44.9 Å². The van der Waals surface area contributed by atoms with Crippen molar-refractivity contribution in [2.24, 2.45) is 35.5 Å². The van der Waals surface area contributed by atoms with Crippen LogP contribution >= 0.6 is 0 Å². The summed E-state index contributed by atoms with van der Waals surface area (Å²) in [5, 5.41) is 0. The van der Waals surface area contributed by atoms with Crippen LogP contribution in [0.2, 0.25) is 0 Å². The summed E-state index contributed by atoms with van der Waals surface area (Å²) in [5.41, 5.74) is 1.57. The molecule has 2 unspecified atom stereocenters. The predicted octanol–water partition coefficient (Wildman–Crippen LogP) is 3.28. The summed E-state index contributed by atoms with van der Waals surface area (Å²) >= 11 is 0. The van der Waals surface area contributed by atoms with Gasteiger partial charge in [-0.15, -0.1) is 0 Å². The van der Waals surface area contributed by atoms with Gasteiger partial charge in [-0.1, -0.05) is 0 Å². The number of cyclic esters (lactones) is 1. The van der Waals surface area contributed by atoms with E-state index in [-0.39, 0.29) is 11.9 Å². The van der Waals surface area contributed by atoms with Crippen molar-refractivity contribution in [3.05, 3.63) is 11.3 Å². The van der Waals surface area contributed by atoms with Gasteiger partial charge < -0.3 is 4.74 Å². The number of carbonyl (C=O) groups is 1. The minimum atomic E-state index is 0.123. The van der Waals surface area contributed by atoms with E-state index in [1.54, 1.807) is 5.57 Å². The third-order valence-electron chi connectivity index (χ3n) is 6.56. The maximum atomic E-state index is 12.2. The predicted molar refractivity (Wildman–Crippen MR) is 66.4 cm³/mol. The zero-order valence-corrected chi connectivity index (χ0v) is 10.7. The van der Waals surface area contributed by atoms with Crippen molar-refractivity contribution in [3.63, 3.8) is 0 Å². The molecular weight excluding hydrogens is 224 g/mol. The molecular formula is C16H20O2. The molecule has 0 amide bonds. The zero-order chi connectivity index (χ0) is 11.9. The summed E-state index contributed by atoms with van der Waals surface area (Å²) in [6.07, 6.45) is 9.30. The number of carbonyl (C=O) groups excluding carboxylic acids is 1. The van der Waals surface area contributed by atoms with Crippen LogP contribution in [0.3, 0.4) is 0 Å². The van der Waals surface area contributed by atoms with Gasteiger partial charge in [0, 0.05) is 5.92 Å². The van der Waals surface area contributed by atoms with Crippen LogP contribution in [0.1, 0.15) is 44.9 Å². The quantitative estimate of drug-likeness (QED) is 0.611. The molecule has 5 aliphatic rings. The maximum absolute atomic E-state index is 12.2. The molecule has 2 nitrogen and oxygen atoms in total. The first kappa shape index (κ1) is 10.1. The van der Waals surface area contributed by atoms with Crippen molar-refractivity contribution in [2.75, 3.05) is 0 Å². The van der Waals surface area contributed by atoms with Gasteiger partial charge >= 0.3 is 5.97 Å². The Morgan fingerprint density at radius 3 is 2.50 bits per heavy atom. The molecule has 1 heterocycles.